The molecule has 7 rings (SSSR count). The third kappa shape index (κ3) is 3.07. The first-order valence-corrected chi connectivity index (χ1v) is 13.8. The van der Waals surface area contributed by atoms with E-state index in [-0.39, 0.29) is 36.3 Å². The minimum Gasteiger partial charge on any atom is -0.378 e. The largest absolute Gasteiger partial charge is 0.378 e. The van der Waals surface area contributed by atoms with Crippen LogP contribution >= 0.6 is 0 Å². The second-order valence-corrected chi connectivity index (χ2v) is 12.5. The number of aryl methyl sites for hydroxylation is 1. The van der Waals surface area contributed by atoms with E-state index in [1.807, 2.05) is 16.9 Å². The summed E-state index contributed by atoms with van der Waals surface area (Å²) in [6, 6.07) is 21.1. The van der Waals surface area contributed by atoms with Crippen molar-refractivity contribution in [2.24, 2.45) is 5.92 Å². The van der Waals surface area contributed by atoms with Gasteiger partial charge in [0.1, 0.15) is 11.1 Å². The number of aromatic nitrogens is 2. The predicted molar refractivity (Wildman–Crippen MR) is 135 cm³/mol. The molecule has 1 aliphatic carbocycles. The fourth-order valence-corrected chi connectivity index (χ4v) is 8.20. The Labute approximate surface area is 209 Å². The van der Waals surface area contributed by atoms with Crippen LogP contribution in [0.4, 0.5) is 4.39 Å². The van der Waals surface area contributed by atoms with Crippen molar-refractivity contribution in [1.29, 1.82) is 0 Å². The molecular weight excluding hydrogens is 477 g/mol. The average Bonchev–Trinajstić information content (AvgIpc) is 3.10. The van der Waals surface area contributed by atoms with Crippen molar-refractivity contribution in [1.82, 2.24) is 14.1 Å². The summed E-state index contributed by atoms with van der Waals surface area (Å²) in [6.07, 6.45) is 1.84. The van der Waals surface area contributed by atoms with E-state index < -0.39 is 15.3 Å². The second-order valence-electron chi connectivity index (χ2n) is 10.3. The van der Waals surface area contributed by atoms with Crippen LogP contribution in [0.1, 0.15) is 22.6 Å². The number of hydrogen-bond donors (Lipinski definition) is 0. The van der Waals surface area contributed by atoms with Gasteiger partial charge in [0.15, 0.2) is 0 Å². The summed E-state index contributed by atoms with van der Waals surface area (Å²) in [5.41, 5.74) is 5.03. The topological polar surface area (TPSA) is 64.4 Å². The lowest BCUT2D eigenvalue weighted by molar-refractivity contribution is 0.0393. The maximum Gasteiger partial charge on any atom is 0.221 e. The van der Waals surface area contributed by atoms with Gasteiger partial charge in [0.2, 0.25) is 10.0 Å². The van der Waals surface area contributed by atoms with Crippen LogP contribution in [0.3, 0.4) is 0 Å². The number of fused-ring (bicyclic) bond motifs is 2. The van der Waals surface area contributed by atoms with Gasteiger partial charge in [0.05, 0.1) is 30.6 Å². The van der Waals surface area contributed by atoms with Crippen molar-refractivity contribution in [3.8, 4) is 5.69 Å². The molecule has 2 aliphatic heterocycles. The Kier molecular flexibility index (Phi) is 4.75. The summed E-state index contributed by atoms with van der Waals surface area (Å²) in [5.74, 6) is 0.207. The highest BCUT2D eigenvalue weighted by molar-refractivity contribution is 7.89. The molecule has 1 saturated carbocycles. The van der Waals surface area contributed by atoms with Crippen molar-refractivity contribution in [2.75, 3.05) is 26.3 Å². The number of rotatable bonds is 5. The number of halogens is 1. The number of piperidine rings is 1. The molecule has 0 radical (unpaired) electrons. The van der Waals surface area contributed by atoms with Gasteiger partial charge in [-0.05, 0) is 65.9 Å². The number of benzene rings is 3. The summed E-state index contributed by atoms with van der Waals surface area (Å²) < 4.78 is 48.8. The maximum atomic E-state index is 13.5. The van der Waals surface area contributed by atoms with Crippen molar-refractivity contribution in [3.05, 3.63) is 95.4 Å². The van der Waals surface area contributed by atoms with E-state index in [0.29, 0.717) is 13.1 Å². The standard InChI is InChI=1S/C28H26FN3O3S/c1-18-11-26-20(13-30-32(26)22-9-7-21(29)8-10-22)12-24(18)28-17-31(36(33,34)23-15-35-16-23)14-25(28)27(28)19-5-3-2-4-6-19/h2-13,23,25,27H,14-17H2,1H3/t25-,27-,28+/m0/s1. The molecule has 3 fully saturated rings. The zero-order valence-corrected chi connectivity index (χ0v) is 20.7. The quantitative estimate of drug-likeness (QED) is 0.410. The molecule has 4 aromatic rings. The minimum atomic E-state index is -3.39. The Balaban J connectivity index is 1.32. The minimum absolute atomic E-state index is 0.221. The van der Waals surface area contributed by atoms with Crippen LogP contribution in [-0.2, 0) is 20.2 Å². The van der Waals surface area contributed by atoms with Gasteiger partial charge >= 0.3 is 0 Å². The summed E-state index contributed by atoms with van der Waals surface area (Å²) in [6.45, 7) is 3.68. The third-order valence-corrected chi connectivity index (χ3v) is 10.5. The van der Waals surface area contributed by atoms with E-state index >= 15 is 0 Å². The molecule has 184 valence electrons. The van der Waals surface area contributed by atoms with Gasteiger partial charge in [-0.25, -0.2) is 21.8 Å². The first-order valence-electron chi connectivity index (χ1n) is 12.3. The van der Waals surface area contributed by atoms with E-state index in [1.165, 1.54) is 23.3 Å². The molecule has 2 saturated heterocycles. The summed E-state index contributed by atoms with van der Waals surface area (Å²) >= 11 is 0. The Hall–Kier alpha value is -3.07. The Morgan fingerprint density at radius 3 is 2.50 bits per heavy atom. The summed E-state index contributed by atoms with van der Waals surface area (Å²) in [7, 11) is -3.39. The highest BCUT2D eigenvalue weighted by Crippen LogP contribution is 2.70. The summed E-state index contributed by atoms with van der Waals surface area (Å²) in [5, 5.41) is 5.14. The monoisotopic (exact) mass is 503 g/mol. The number of hydrogen-bond acceptors (Lipinski definition) is 4. The molecule has 3 atom stereocenters. The van der Waals surface area contributed by atoms with Crippen LogP contribution in [0.25, 0.3) is 16.6 Å². The molecule has 0 bridgehead atoms. The van der Waals surface area contributed by atoms with Gasteiger partial charge in [-0.15, -0.1) is 0 Å². The van der Waals surface area contributed by atoms with Crippen molar-refractivity contribution < 1.29 is 17.5 Å². The maximum absolute atomic E-state index is 13.5. The molecule has 6 nitrogen and oxygen atoms in total. The van der Waals surface area contributed by atoms with Crippen LogP contribution in [0, 0.1) is 18.7 Å². The number of sulfonamides is 1. The van der Waals surface area contributed by atoms with Crippen LogP contribution in [0.15, 0.2) is 72.9 Å². The zero-order chi connectivity index (χ0) is 24.7. The van der Waals surface area contributed by atoms with Crippen molar-refractivity contribution >= 4 is 20.9 Å². The molecule has 0 unspecified atom stereocenters. The van der Waals surface area contributed by atoms with E-state index in [1.54, 1.807) is 16.4 Å². The van der Waals surface area contributed by atoms with Gasteiger partial charge in [0, 0.05) is 29.8 Å². The van der Waals surface area contributed by atoms with E-state index in [4.69, 9.17) is 4.74 Å². The lowest BCUT2D eigenvalue weighted by Crippen LogP contribution is -2.49. The molecule has 3 heterocycles. The average molecular weight is 504 g/mol. The van der Waals surface area contributed by atoms with E-state index in [2.05, 4.69) is 48.4 Å². The molecule has 1 aromatic heterocycles. The van der Waals surface area contributed by atoms with E-state index in [0.717, 1.165) is 22.2 Å². The zero-order valence-electron chi connectivity index (χ0n) is 19.8. The van der Waals surface area contributed by atoms with Gasteiger partial charge in [-0.1, -0.05) is 30.3 Å². The van der Waals surface area contributed by atoms with Gasteiger partial charge in [0.25, 0.3) is 0 Å². The molecule has 0 amide bonds. The summed E-state index contributed by atoms with van der Waals surface area (Å²) in [4.78, 5) is 0. The highest BCUT2D eigenvalue weighted by Gasteiger charge is 2.72. The lowest BCUT2D eigenvalue weighted by Gasteiger charge is -2.32. The third-order valence-electron chi connectivity index (χ3n) is 8.38. The molecule has 0 N–H and O–H groups in total. The molecule has 3 aromatic carbocycles. The number of nitrogens with zero attached hydrogens (tertiary/aromatic N) is 3. The normalized spacial score (nSPS) is 26.2. The van der Waals surface area contributed by atoms with Gasteiger partial charge in [-0.2, -0.15) is 5.10 Å². The molecule has 8 heteroatoms. The Bertz CT molecular complexity index is 1580. The molecular formula is C28H26FN3O3S. The number of ether oxygens (including phenoxy) is 1. The van der Waals surface area contributed by atoms with Gasteiger partial charge in [-0.3, -0.25) is 0 Å². The molecule has 3 aliphatic rings. The smallest absolute Gasteiger partial charge is 0.221 e. The molecule has 0 spiro atoms. The van der Waals surface area contributed by atoms with Crippen molar-refractivity contribution in [3.63, 3.8) is 0 Å². The van der Waals surface area contributed by atoms with Crippen molar-refractivity contribution in [2.45, 2.75) is 23.5 Å². The first kappa shape index (κ1) is 22.2. The fraction of sp³-hybridized carbons (Fsp3) is 0.321. The predicted octanol–water partition coefficient (Wildman–Crippen LogP) is 4.17. The Morgan fingerprint density at radius 1 is 1.06 bits per heavy atom. The van der Waals surface area contributed by atoms with Crippen LogP contribution in [-0.4, -0.2) is 54.1 Å². The van der Waals surface area contributed by atoms with Crippen LogP contribution in [0.2, 0.25) is 0 Å². The van der Waals surface area contributed by atoms with Gasteiger partial charge < -0.3 is 4.74 Å². The second kappa shape index (κ2) is 7.71. The highest BCUT2D eigenvalue weighted by atomic mass is 32.2. The first-order chi connectivity index (χ1) is 17.4. The Morgan fingerprint density at radius 2 is 1.81 bits per heavy atom. The molecule has 36 heavy (non-hydrogen) atoms. The van der Waals surface area contributed by atoms with Crippen LogP contribution in [0.5, 0.6) is 0 Å². The SMILES string of the molecule is Cc1cc2c(cnn2-c2ccc(F)cc2)cc1[C@]12CN(S(=O)(=O)C3COC3)C[C@H]1[C@@H]2c1ccccc1. The fourth-order valence-electron chi connectivity index (χ4n) is 6.48. The van der Waals surface area contributed by atoms with Crippen LogP contribution < -0.4 is 0 Å². The lowest BCUT2D eigenvalue weighted by atomic mass is 9.87. The van der Waals surface area contributed by atoms with E-state index in [9.17, 15) is 12.8 Å².